The molecule has 1 unspecified atom stereocenters. The van der Waals surface area contributed by atoms with Crippen LogP contribution in [-0.4, -0.2) is 37.9 Å². The quantitative estimate of drug-likeness (QED) is 0.794. The van der Waals surface area contributed by atoms with Crippen molar-refractivity contribution < 1.29 is 4.79 Å². The van der Waals surface area contributed by atoms with E-state index < -0.39 is 0 Å². The fourth-order valence-electron chi connectivity index (χ4n) is 1.97. The topological polar surface area (TPSA) is 85.8 Å². The third-order valence-electron chi connectivity index (χ3n) is 3.06. The molecule has 3 N–H and O–H groups in total. The van der Waals surface area contributed by atoms with E-state index in [-0.39, 0.29) is 17.2 Å². The van der Waals surface area contributed by atoms with Crippen LogP contribution in [0.2, 0.25) is 0 Å². The van der Waals surface area contributed by atoms with Gasteiger partial charge in [-0.25, -0.2) is 4.68 Å². The van der Waals surface area contributed by atoms with E-state index in [9.17, 15) is 4.79 Å². The molecule has 7 heteroatoms. The third kappa shape index (κ3) is 3.46. The van der Waals surface area contributed by atoms with Crippen molar-refractivity contribution in [3.8, 4) is 0 Å². The Labute approximate surface area is 111 Å². The highest BCUT2D eigenvalue weighted by Gasteiger charge is 2.29. The lowest BCUT2D eigenvalue weighted by Gasteiger charge is -2.22. The van der Waals surface area contributed by atoms with Gasteiger partial charge in [0.15, 0.2) is 0 Å². The summed E-state index contributed by atoms with van der Waals surface area (Å²) in [6.45, 7) is 3.46. The molecular weight excluding hydrogens is 250 g/mol. The smallest absolute Gasteiger partial charge is 0.241 e. The first-order chi connectivity index (χ1) is 8.61. The number of aromatic nitrogens is 3. The summed E-state index contributed by atoms with van der Waals surface area (Å²) in [5.41, 5.74) is 6.13. The number of hydrogen-bond acceptors (Lipinski definition) is 5. The molecule has 6 nitrogen and oxygen atoms in total. The van der Waals surface area contributed by atoms with Crippen molar-refractivity contribution in [3.05, 3.63) is 11.9 Å². The first-order valence-electron chi connectivity index (χ1n) is 6.11. The number of amides is 1. The van der Waals surface area contributed by atoms with Crippen molar-refractivity contribution in [1.29, 1.82) is 0 Å². The molecule has 0 bridgehead atoms. The minimum Gasteiger partial charge on any atom is -0.353 e. The molecular formula is C11H19N5OS. The molecule has 0 aliphatic carbocycles. The molecule has 0 spiro atoms. The van der Waals surface area contributed by atoms with Gasteiger partial charge in [0.05, 0.1) is 11.9 Å². The number of hydrogen-bond donors (Lipinski definition) is 2. The molecule has 0 saturated carbocycles. The van der Waals surface area contributed by atoms with Crippen LogP contribution in [0.1, 0.15) is 25.5 Å². The summed E-state index contributed by atoms with van der Waals surface area (Å²) in [6, 6.07) is 0. The van der Waals surface area contributed by atoms with Crippen molar-refractivity contribution in [2.45, 2.75) is 37.6 Å². The summed E-state index contributed by atoms with van der Waals surface area (Å²) in [5.74, 6) is 1.16. The second-order valence-corrected chi connectivity index (χ2v) is 6.47. The van der Waals surface area contributed by atoms with E-state index in [4.69, 9.17) is 5.73 Å². The Bertz CT molecular complexity index is 413. The van der Waals surface area contributed by atoms with Crippen LogP contribution in [0.4, 0.5) is 0 Å². The average Bonchev–Trinajstić information content (AvgIpc) is 2.96. The van der Waals surface area contributed by atoms with Gasteiger partial charge in [-0.3, -0.25) is 4.79 Å². The molecule has 2 heterocycles. The number of rotatable bonds is 5. The van der Waals surface area contributed by atoms with E-state index >= 15 is 0 Å². The molecule has 1 aromatic rings. The van der Waals surface area contributed by atoms with Crippen LogP contribution in [0, 0.1) is 0 Å². The van der Waals surface area contributed by atoms with E-state index in [2.05, 4.69) is 22.6 Å². The summed E-state index contributed by atoms with van der Waals surface area (Å²) in [4.78, 5) is 11.8. The van der Waals surface area contributed by atoms with E-state index in [0.717, 1.165) is 6.54 Å². The minimum absolute atomic E-state index is 0.0304. The van der Waals surface area contributed by atoms with Gasteiger partial charge in [-0.2, -0.15) is 11.8 Å². The van der Waals surface area contributed by atoms with Crippen molar-refractivity contribution in [1.82, 2.24) is 20.3 Å². The zero-order valence-corrected chi connectivity index (χ0v) is 11.4. The fourth-order valence-corrected chi connectivity index (χ4v) is 3.22. The Morgan fingerprint density at radius 2 is 2.56 bits per heavy atom. The highest BCUT2D eigenvalue weighted by atomic mass is 32.2. The van der Waals surface area contributed by atoms with Gasteiger partial charge in [0.1, 0.15) is 6.54 Å². The van der Waals surface area contributed by atoms with E-state index in [1.807, 2.05) is 11.8 Å². The lowest BCUT2D eigenvalue weighted by Crippen LogP contribution is -2.38. The number of nitrogens with two attached hydrogens (primary N) is 1. The van der Waals surface area contributed by atoms with Crippen LogP contribution in [0.5, 0.6) is 0 Å². The Morgan fingerprint density at radius 3 is 3.17 bits per heavy atom. The Kier molecular flexibility index (Phi) is 4.23. The second kappa shape index (κ2) is 5.71. The summed E-state index contributed by atoms with van der Waals surface area (Å²) < 4.78 is 1.71. The molecule has 1 aromatic heterocycles. The zero-order chi connectivity index (χ0) is 13.0. The fraction of sp³-hybridized carbons (Fsp3) is 0.727. The Balaban J connectivity index is 1.78. The largest absolute Gasteiger partial charge is 0.353 e. The lowest BCUT2D eigenvalue weighted by molar-refractivity contribution is -0.121. The molecule has 1 aliphatic heterocycles. The van der Waals surface area contributed by atoms with Gasteiger partial charge in [0, 0.05) is 17.8 Å². The maximum Gasteiger partial charge on any atom is 0.241 e. The summed E-state index contributed by atoms with van der Waals surface area (Å²) in [5, 5.41) is 10.6. The van der Waals surface area contributed by atoms with Crippen LogP contribution in [-0.2, 0) is 17.9 Å². The SMILES string of the molecule is CC1(CNC(=O)Cn2cc(CN)nn2)CCCS1. The predicted molar refractivity (Wildman–Crippen MR) is 71.0 cm³/mol. The highest BCUT2D eigenvalue weighted by molar-refractivity contribution is 8.00. The molecule has 100 valence electrons. The van der Waals surface area contributed by atoms with Gasteiger partial charge < -0.3 is 11.1 Å². The number of carbonyl (C=O) groups excluding carboxylic acids is 1. The molecule has 1 atom stereocenters. The van der Waals surface area contributed by atoms with Crippen LogP contribution in [0.25, 0.3) is 0 Å². The third-order valence-corrected chi connectivity index (χ3v) is 4.60. The number of nitrogens with one attached hydrogen (secondary N) is 1. The van der Waals surface area contributed by atoms with E-state index in [1.54, 1.807) is 6.20 Å². The van der Waals surface area contributed by atoms with Crippen molar-refractivity contribution in [2.75, 3.05) is 12.3 Å². The first-order valence-corrected chi connectivity index (χ1v) is 7.10. The van der Waals surface area contributed by atoms with Gasteiger partial charge in [0.2, 0.25) is 5.91 Å². The van der Waals surface area contributed by atoms with Gasteiger partial charge in [-0.05, 0) is 25.5 Å². The minimum atomic E-state index is -0.0304. The Hall–Kier alpha value is -1.08. The van der Waals surface area contributed by atoms with Crippen LogP contribution >= 0.6 is 11.8 Å². The molecule has 1 amide bonds. The monoisotopic (exact) mass is 269 g/mol. The predicted octanol–water partition coefficient (Wildman–Crippen LogP) is 0.139. The zero-order valence-electron chi connectivity index (χ0n) is 10.6. The molecule has 1 fully saturated rings. The molecule has 18 heavy (non-hydrogen) atoms. The van der Waals surface area contributed by atoms with Crippen LogP contribution in [0.3, 0.4) is 0 Å². The Morgan fingerprint density at radius 1 is 1.72 bits per heavy atom. The van der Waals surface area contributed by atoms with Crippen LogP contribution < -0.4 is 11.1 Å². The van der Waals surface area contributed by atoms with Crippen molar-refractivity contribution >= 4 is 17.7 Å². The first kappa shape index (κ1) is 13.4. The maximum atomic E-state index is 11.8. The number of carbonyl (C=O) groups is 1. The average molecular weight is 269 g/mol. The van der Waals surface area contributed by atoms with E-state index in [1.165, 1.54) is 23.3 Å². The highest BCUT2D eigenvalue weighted by Crippen LogP contribution is 2.36. The van der Waals surface area contributed by atoms with E-state index in [0.29, 0.717) is 12.2 Å². The molecule has 1 aliphatic rings. The van der Waals surface area contributed by atoms with Gasteiger partial charge >= 0.3 is 0 Å². The molecule has 0 aromatic carbocycles. The summed E-state index contributed by atoms with van der Waals surface area (Å²) in [7, 11) is 0. The summed E-state index contributed by atoms with van der Waals surface area (Å²) in [6.07, 6.45) is 4.10. The lowest BCUT2D eigenvalue weighted by atomic mass is 10.1. The standard InChI is InChI=1S/C11H19N5OS/c1-11(3-2-4-18-11)8-13-10(17)7-16-6-9(5-12)14-15-16/h6H,2-5,7-8,12H2,1H3,(H,13,17). The number of nitrogens with zero attached hydrogens (tertiary/aromatic N) is 3. The van der Waals surface area contributed by atoms with Crippen molar-refractivity contribution in [2.24, 2.45) is 5.73 Å². The van der Waals surface area contributed by atoms with Crippen molar-refractivity contribution in [3.63, 3.8) is 0 Å². The number of thioether (sulfide) groups is 1. The summed E-state index contributed by atoms with van der Waals surface area (Å²) >= 11 is 1.93. The normalized spacial score (nSPS) is 23.2. The maximum absolute atomic E-state index is 11.8. The van der Waals surface area contributed by atoms with Gasteiger partial charge in [-0.15, -0.1) is 5.10 Å². The molecule has 2 rings (SSSR count). The second-order valence-electron chi connectivity index (χ2n) is 4.79. The molecule has 1 saturated heterocycles. The van der Waals surface area contributed by atoms with Gasteiger partial charge in [0.25, 0.3) is 0 Å². The van der Waals surface area contributed by atoms with Crippen LogP contribution in [0.15, 0.2) is 6.20 Å². The van der Waals surface area contributed by atoms with Gasteiger partial charge in [-0.1, -0.05) is 5.21 Å². The molecule has 0 radical (unpaired) electrons.